The van der Waals surface area contributed by atoms with Crippen LogP contribution < -0.4 is 5.32 Å². The fourth-order valence-corrected chi connectivity index (χ4v) is 1.57. The van der Waals surface area contributed by atoms with Crippen LogP contribution in [0.25, 0.3) is 0 Å². The molecule has 0 radical (unpaired) electrons. The first-order valence-corrected chi connectivity index (χ1v) is 4.62. The zero-order valence-electron chi connectivity index (χ0n) is 7.73. The Hall–Kier alpha value is -1.26. The van der Waals surface area contributed by atoms with Crippen LogP contribution >= 0.6 is 0 Å². The highest BCUT2D eigenvalue weighted by atomic mass is 16.5. The zero-order valence-corrected chi connectivity index (χ0v) is 7.73. The van der Waals surface area contributed by atoms with Gasteiger partial charge in [0.2, 0.25) is 0 Å². The van der Waals surface area contributed by atoms with Gasteiger partial charge >= 0.3 is 0 Å². The number of para-hydroxylation sites is 1. The molecule has 3 N–H and O–H groups in total. The summed E-state index contributed by atoms with van der Waals surface area (Å²) in [6.45, 7) is 2.12. The molecule has 1 fully saturated rings. The summed E-state index contributed by atoms with van der Waals surface area (Å²) < 4.78 is 5.47. The Morgan fingerprint density at radius 1 is 1.36 bits per heavy atom. The number of phenolic OH excluding ortho intramolecular Hbond substituents is 2. The van der Waals surface area contributed by atoms with Crippen molar-refractivity contribution < 1.29 is 14.9 Å². The number of morpholine rings is 1. The molecule has 1 aliphatic rings. The third-order valence-corrected chi connectivity index (χ3v) is 2.32. The first-order chi connectivity index (χ1) is 6.79. The SMILES string of the molecule is Oc1cccc(C2CNCCO2)c1O. The standard InChI is InChI=1S/C10H13NO3/c12-8-3-1-2-7(10(8)13)9-6-11-4-5-14-9/h1-3,9,11-13H,4-6H2. The number of nitrogens with one attached hydrogen (secondary N) is 1. The van der Waals surface area contributed by atoms with Gasteiger partial charge in [0, 0.05) is 18.7 Å². The molecular formula is C10H13NO3. The van der Waals surface area contributed by atoms with Crippen molar-refractivity contribution in [2.24, 2.45) is 0 Å². The molecular weight excluding hydrogens is 182 g/mol. The Bertz CT molecular complexity index is 321. The first kappa shape index (κ1) is 9.30. The van der Waals surface area contributed by atoms with E-state index < -0.39 is 0 Å². The Morgan fingerprint density at radius 2 is 2.21 bits per heavy atom. The molecule has 4 heteroatoms. The summed E-state index contributed by atoms with van der Waals surface area (Å²) in [7, 11) is 0. The maximum atomic E-state index is 9.59. The number of hydrogen-bond donors (Lipinski definition) is 3. The second-order valence-electron chi connectivity index (χ2n) is 3.28. The fraction of sp³-hybridized carbons (Fsp3) is 0.400. The van der Waals surface area contributed by atoms with Crippen molar-refractivity contribution in [2.75, 3.05) is 19.7 Å². The van der Waals surface area contributed by atoms with Crippen LogP contribution in [0.5, 0.6) is 11.5 Å². The molecule has 2 rings (SSSR count). The van der Waals surface area contributed by atoms with Gasteiger partial charge in [0.25, 0.3) is 0 Å². The van der Waals surface area contributed by atoms with E-state index in [1.807, 2.05) is 0 Å². The van der Waals surface area contributed by atoms with Gasteiger partial charge in [-0.05, 0) is 6.07 Å². The van der Waals surface area contributed by atoms with Gasteiger partial charge in [-0.1, -0.05) is 12.1 Å². The van der Waals surface area contributed by atoms with Crippen molar-refractivity contribution in [3.63, 3.8) is 0 Å². The van der Waals surface area contributed by atoms with Crippen molar-refractivity contribution in [2.45, 2.75) is 6.10 Å². The van der Waals surface area contributed by atoms with Crippen LogP contribution in [0.3, 0.4) is 0 Å². The van der Waals surface area contributed by atoms with Crippen LogP contribution in [0.1, 0.15) is 11.7 Å². The second kappa shape index (κ2) is 3.86. The Labute approximate surface area is 82.1 Å². The predicted octanol–water partition coefficient (Wildman–Crippen LogP) is 0.759. The molecule has 1 atom stereocenters. The lowest BCUT2D eigenvalue weighted by molar-refractivity contribution is 0.0261. The lowest BCUT2D eigenvalue weighted by atomic mass is 10.1. The molecule has 1 unspecified atom stereocenters. The quantitative estimate of drug-likeness (QED) is 0.579. The molecule has 0 spiro atoms. The molecule has 76 valence electrons. The molecule has 1 saturated heterocycles. The number of benzene rings is 1. The van der Waals surface area contributed by atoms with E-state index in [2.05, 4.69) is 5.32 Å². The second-order valence-corrected chi connectivity index (χ2v) is 3.28. The minimum atomic E-state index is -0.171. The van der Waals surface area contributed by atoms with Crippen molar-refractivity contribution in [3.8, 4) is 11.5 Å². The van der Waals surface area contributed by atoms with E-state index in [0.717, 1.165) is 6.54 Å². The summed E-state index contributed by atoms with van der Waals surface area (Å²) >= 11 is 0. The monoisotopic (exact) mass is 195 g/mol. The van der Waals surface area contributed by atoms with Crippen LogP contribution in [0, 0.1) is 0 Å². The van der Waals surface area contributed by atoms with Gasteiger partial charge in [-0.25, -0.2) is 0 Å². The lowest BCUT2D eigenvalue weighted by Gasteiger charge is -2.24. The summed E-state index contributed by atoms with van der Waals surface area (Å²) in [5.74, 6) is -0.183. The van der Waals surface area contributed by atoms with E-state index in [1.54, 1.807) is 12.1 Å². The lowest BCUT2D eigenvalue weighted by Crippen LogP contribution is -2.33. The fourth-order valence-electron chi connectivity index (χ4n) is 1.57. The smallest absolute Gasteiger partial charge is 0.163 e. The van der Waals surface area contributed by atoms with Gasteiger partial charge in [0.05, 0.1) is 12.7 Å². The third kappa shape index (κ3) is 1.66. The average Bonchev–Trinajstić information content (AvgIpc) is 2.23. The number of aromatic hydroxyl groups is 2. The summed E-state index contributed by atoms with van der Waals surface area (Å²) in [5.41, 5.74) is 0.636. The molecule has 1 aromatic carbocycles. The molecule has 1 aromatic rings. The minimum absolute atomic E-state index is 0.0822. The summed E-state index contributed by atoms with van der Waals surface area (Å²) in [5, 5.41) is 22.1. The van der Waals surface area contributed by atoms with E-state index in [9.17, 15) is 10.2 Å². The number of phenols is 2. The molecule has 0 aliphatic carbocycles. The maximum absolute atomic E-state index is 9.59. The van der Waals surface area contributed by atoms with Crippen LogP contribution in [-0.2, 0) is 4.74 Å². The molecule has 0 bridgehead atoms. The molecule has 14 heavy (non-hydrogen) atoms. The van der Waals surface area contributed by atoms with E-state index in [1.165, 1.54) is 6.07 Å². The summed E-state index contributed by atoms with van der Waals surface area (Å²) in [4.78, 5) is 0. The number of rotatable bonds is 1. The molecule has 0 saturated carbocycles. The Balaban J connectivity index is 2.26. The van der Waals surface area contributed by atoms with Gasteiger partial charge < -0.3 is 20.3 Å². The van der Waals surface area contributed by atoms with Gasteiger partial charge in [0.1, 0.15) is 0 Å². The third-order valence-electron chi connectivity index (χ3n) is 2.32. The zero-order chi connectivity index (χ0) is 9.97. The van der Waals surface area contributed by atoms with Crippen LogP contribution in [-0.4, -0.2) is 29.9 Å². The Kier molecular flexibility index (Phi) is 2.56. The highest BCUT2D eigenvalue weighted by Crippen LogP contribution is 2.34. The largest absolute Gasteiger partial charge is 0.504 e. The topological polar surface area (TPSA) is 61.7 Å². The molecule has 4 nitrogen and oxygen atoms in total. The normalized spacial score (nSPS) is 22.1. The van der Waals surface area contributed by atoms with E-state index in [-0.39, 0.29) is 17.6 Å². The highest BCUT2D eigenvalue weighted by Gasteiger charge is 2.19. The summed E-state index contributed by atoms with van der Waals surface area (Å²) in [6, 6.07) is 4.91. The Morgan fingerprint density at radius 3 is 2.93 bits per heavy atom. The average molecular weight is 195 g/mol. The minimum Gasteiger partial charge on any atom is -0.504 e. The van der Waals surface area contributed by atoms with E-state index in [4.69, 9.17) is 4.74 Å². The molecule has 0 amide bonds. The van der Waals surface area contributed by atoms with Gasteiger partial charge in [-0.2, -0.15) is 0 Å². The van der Waals surface area contributed by atoms with Gasteiger partial charge in [-0.15, -0.1) is 0 Å². The van der Waals surface area contributed by atoms with Crippen molar-refractivity contribution in [1.29, 1.82) is 0 Å². The highest BCUT2D eigenvalue weighted by molar-refractivity contribution is 5.45. The van der Waals surface area contributed by atoms with Gasteiger partial charge in [-0.3, -0.25) is 0 Å². The van der Waals surface area contributed by atoms with Gasteiger partial charge in [0.15, 0.2) is 11.5 Å². The summed E-state index contributed by atoms with van der Waals surface area (Å²) in [6.07, 6.45) is -0.171. The predicted molar refractivity (Wildman–Crippen MR) is 51.3 cm³/mol. The van der Waals surface area contributed by atoms with E-state index >= 15 is 0 Å². The maximum Gasteiger partial charge on any atom is 0.163 e. The molecule has 1 heterocycles. The van der Waals surface area contributed by atoms with Crippen molar-refractivity contribution in [1.82, 2.24) is 5.32 Å². The molecule has 1 aliphatic heterocycles. The van der Waals surface area contributed by atoms with Crippen LogP contribution in [0.15, 0.2) is 18.2 Å². The number of ether oxygens (including phenoxy) is 1. The number of hydrogen-bond acceptors (Lipinski definition) is 4. The molecule has 0 aromatic heterocycles. The van der Waals surface area contributed by atoms with Crippen LogP contribution in [0.4, 0.5) is 0 Å². The van der Waals surface area contributed by atoms with Crippen molar-refractivity contribution >= 4 is 0 Å². The van der Waals surface area contributed by atoms with Crippen molar-refractivity contribution in [3.05, 3.63) is 23.8 Å². The van der Waals surface area contributed by atoms with E-state index in [0.29, 0.717) is 18.7 Å². The first-order valence-electron chi connectivity index (χ1n) is 4.62. The van der Waals surface area contributed by atoms with Crippen LogP contribution in [0.2, 0.25) is 0 Å².